The van der Waals surface area contributed by atoms with Gasteiger partial charge in [0.25, 0.3) is 0 Å². The number of pyridine rings is 1. The van der Waals surface area contributed by atoms with Crippen LogP contribution in [0.3, 0.4) is 0 Å². The molecule has 2 atom stereocenters. The molecule has 1 saturated carbocycles. The smallest absolute Gasteiger partial charge is 0.250 e. The van der Waals surface area contributed by atoms with Crippen LogP contribution >= 0.6 is 0 Å². The van der Waals surface area contributed by atoms with Crippen molar-refractivity contribution < 1.29 is 19.6 Å². The highest BCUT2D eigenvalue weighted by Gasteiger charge is 2.39. The molecular formula is C20H29N5O4. The van der Waals surface area contributed by atoms with E-state index in [9.17, 15) is 19.6 Å². The highest BCUT2D eigenvalue weighted by Crippen LogP contribution is 2.31. The number of hydrazine groups is 1. The number of aryl methyl sites for hydroxylation is 1. The first kappa shape index (κ1) is 21.2. The van der Waals surface area contributed by atoms with Crippen molar-refractivity contribution in [3.8, 4) is 0 Å². The van der Waals surface area contributed by atoms with Crippen molar-refractivity contribution in [1.82, 2.24) is 20.5 Å². The molecule has 2 fully saturated rings. The second kappa shape index (κ2) is 9.80. The average molecular weight is 403 g/mol. The van der Waals surface area contributed by atoms with Crippen LogP contribution in [0.1, 0.15) is 44.1 Å². The van der Waals surface area contributed by atoms with Crippen molar-refractivity contribution >= 4 is 24.0 Å². The normalized spacial score (nSPS) is 20.5. The number of carbonyl (C=O) groups is 3. The van der Waals surface area contributed by atoms with Gasteiger partial charge in [-0.25, -0.2) is 15.5 Å². The molecule has 0 unspecified atom stereocenters. The molecule has 1 saturated heterocycles. The molecule has 0 aromatic carbocycles. The maximum absolute atomic E-state index is 13.2. The highest BCUT2D eigenvalue weighted by molar-refractivity contribution is 5.97. The molecule has 3 rings (SSSR count). The van der Waals surface area contributed by atoms with Gasteiger partial charge in [-0.05, 0) is 43.4 Å². The van der Waals surface area contributed by atoms with Gasteiger partial charge >= 0.3 is 0 Å². The number of aromatic nitrogens is 1. The third kappa shape index (κ3) is 5.51. The van der Waals surface area contributed by atoms with Crippen LogP contribution in [0.2, 0.25) is 0 Å². The van der Waals surface area contributed by atoms with Crippen molar-refractivity contribution in [1.29, 1.82) is 0 Å². The van der Waals surface area contributed by atoms with Gasteiger partial charge < -0.3 is 5.32 Å². The SMILES string of the molecule is Cc1ccnc(NC(=O)[C@@H]2CCNN2C(=O)[C@H](CC2CCCC2)CN(O)C=O)c1. The summed E-state index contributed by atoms with van der Waals surface area (Å²) in [5.41, 5.74) is 3.97. The quantitative estimate of drug-likeness (QED) is 0.344. The van der Waals surface area contributed by atoms with Gasteiger partial charge in [0, 0.05) is 12.7 Å². The molecule has 3 N–H and O–H groups in total. The lowest BCUT2D eigenvalue weighted by atomic mass is 9.92. The molecule has 1 aliphatic carbocycles. The zero-order chi connectivity index (χ0) is 20.8. The molecule has 9 nitrogen and oxygen atoms in total. The summed E-state index contributed by atoms with van der Waals surface area (Å²) in [7, 11) is 0. The van der Waals surface area contributed by atoms with Crippen LogP contribution in [0.25, 0.3) is 0 Å². The minimum Gasteiger partial charge on any atom is -0.309 e. The van der Waals surface area contributed by atoms with Gasteiger partial charge in [-0.3, -0.25) is 24.6 Å². The summed E-state index contributed by atoms with van der Waals surface area (Å²) in [5.74, 6) is -0.300. The Bertz CT molecular complexity index is 737. The third-order valence-corrected chi connectivity index (χ3v) is 5.69. The van der Waals surface area contributed by atoms with Crippen LogP contribution in [0, 0.1) is 18.8 Å². The van der Waals surface area contributed by atoms with E-state index in [1.165, 1.54) is 5.01 Å². The van der Waals surface area contributed by atoms with E-state index in [1.54, 1.807) is 12.3 Å². The number of anilines is 1. The lowest BCUT2D eigenvalue weighted by Crippen LogP contribution is -2.51. The van der Waals surface area contributed by atoms with Gasteiger partial charge in [0.2, 0.25) is 18.2 Å². The zero-order valence-corrected chi connectivity index (χ0v) is 16.7. The van der Waals surface area contributed by atoms with E-state index in [0.717, 1.165) is 31.2 Å². The molecule has 1 aliphatic heterocycles. The Morgan fingerprint density at radius 1 is 1.41 bits per heavy atom. The van der Waals surface area contributed by atoms with Crippen molar-refractivity contribution in [2.45, 2.75) is 51.5 Å². The van der Waals surface area contributed by atoms with Crippen LogP contribution in [-0.4, -0.2) is 57.6 Å². The van der Waals surface area contributed by atoms with Crippen molar-refractivity contribution in [3.05, 3.63) is 23.9 Å². The summed E-state index contributed by atoms with van der Waals surface area (Å²) in [6.07, 6.45) is 7.37. The van der Waals surface area contributed by atoms with Crippen LogP contribution < -0.4 is 10.7 Å². The average Bonchev–Trinajstić information content (AvgIpc) is 3.38. The lowest BCUT2D eigenvalue weighted by molar-refractivity contribution is -0.159. The molecule has 1 aromatic rings. The molecule has 9 heteroatoms. The number of amides is 3. The fraction of sp³-hybridized carbons (Fsp3) is 0.600. The molecule has 29 heavy (non-hydrogen) atoms. The van der Waals surface area contributed by atoms with Crippen LogP contribution in [0.4, 0.5) is 5.82 Å². The monoisotopic (exact) mass is 403 g/mol. The molecule has 2 heterocycles. The van der Waals surface area contributed by atoms with Crippen LogP contribution in [0.5, 0.6) is 0 Å². The van der Waals surface area contributed by atoms with E-state index in [0.29, 0.717) is 42.6 Å². The summed E-state index contributed by atoms with van der Waals surface area (Å²) >= 11 is 0. The largest absolute Gasteiger partial charge is 0.309 e. The van der Waals surface area contributed by atoms with E-state index in [2.05, 4.69) is 15.7 Å². The summed E-state index contributed by atoms with van der Waals surface area (Å²) in [6.45, 7) is 2.33. The van der Waals surface area contributed by atoms with Crippen molar-refractivity contribution in [2.24, 2.45) is 11.8 Å². The van der Waals surface area contributed by atoms with Crippen molar-refractivity contribution in [2.75, 3.05) is 18.4 Å². The summed E-state index contributed by atoms with van der Waals surface area (Å²) in [5, 5.41) is 14.3. The molecule has 2 aliphatic rings. The second-order valence-corrected chi connectivity index (χ2v) is 7.94. The molecular weight excluding hydrogens is 374 g/mol. The standard InChI is InChI=1S/C20H29N5O4/c1-14-6-8-21-18(10-14)23-19(27)17-7-9-22-25(17)20(28)16(12-24(29)13-26)11-15-4-2-3-5-15/h6,8,10,13,15-17,22,29H,2-5,7,9,11-12H2,1H3,(H,21,23,27)/t16-,17+/m1/s1. The summed E-state index contributed by atoms with van der Waals surface area (Å²) < 4.78 is 0. The molecule has 0 spiro atoms. The Kier molecular flexibility index (Phi) is 7.16. The number of hydrogen-bond acceptors (Lipinski definition) is 6. The first-order valence-electron chi connectivity index (χ1n) is 10.2. The Morgan fingerprint density at radius 2 is 2.17 bits per heavy atom. The minimum atomic E-state index is -0.667. The third-order valence-electron chi connectivity index (χ3n) is 5.69. The van der Waals surface area contributed by atoms with Crippen molar-refractivity contribution in [3.63, 3.8) is 0 Å². The zero-order valence-electron chi connectivity index (χ0n) is 16.7. The lowest BCUT2D eigenvalue weighted by Gasteiger charge is -2.29. The number of hydroxylamine groups is 2. The Balaban J connectivity index is 1.69. The van der Waals surface area contributed by atoms with Gasteiger partial charge in [0.1, 0.15) is 11.9 Å². The fourth-order valence-corrected chi connectivity index (χ4v) is 4.22. The Labute approximate surface area is 170 Å². The van der Waals surface area contributed by atoms with E-state index in [4.69, 9.17) is 0 Å². The Morgan fingerprint density at radius 3 is 2.86 bits per heavy atom. The van der Waals surface area contributed by atoms with Gasteiger partial charge in [-0.2, -0.15) is 0 Å². The van der Waals surface area contributed by atoms with E-state index in [-0.39, 0.29) is 18.4 Å². The second-order valence-electron chi connectivity index (χ2n) is 7.94. The van der Waals surface area contributed by atoms with Crippen LogP contribution in [-0.2, 0) is 14.4 Å². The molecule has 0 radical (unpaired) electrons. The number of hydrogen-bond donors (Lipinski definition) is 3. The topological polar surface area (TPSA) is 115 Å². The van der Waals surface area contributed by atoms with E-state index < -0.39 is 12.0 Å². The van der Waals surface area contributed by atoms with Gasteiger partial charge in [0.05, 0.1) is 12.5 Å². The molecule has 158 valence electrons. The number of nitrogens with one attached hydrogen (secondary N) is 2. The maximum Gasteiger partial charge on any atom is 0.250 e. The fourth-order valence-electron chi connectivity index (χ4n) is 4.22. The molecule has 3 amide bonds. The van der Waals surface area contributed by atoms with Gasteiger partial charge in [-0.1, -0.05) is 25.7 Å². The predicted molar refractivity (Wildman–Crippen MR) is 105 cm³/mol. The first-order chi connectivity index (χ1) is 14.0. The summed E-state index contributed by atoms with van der Waals surface area (Å²) in [4.78, 5) is 41.0. The van der Waals surface area contributed by atoms with E-state index >= 15 is 0 Å². The van der Waals surface area contributed by atoms with Crippen LogP contribution in [0.15, 0.2) is 18.3 Å². The number of nitrogens with zero attached hydrogens (tertiary/aromatic N) is 3. The first-order valence-corrected chi connectivity index (χ1v) is 10.2. The predicted octanol–water partition coefficient (Wildman–Crippen LogP) is 1.48. The number of carbonyl (C=O) groups excluding carboxylic acids is 3. The summed E-state index contributed by atoms with van der Waals surface area (Å²) in [6, 6.07) is 2.94. The van der Waals surface area contributed by atoms with Gasteiger partial charge in [0.15, 0.2) is 0 Å². The Hall–Kier alpha value is -2.52. The molecule has 0 bridgehead atoms. The minimum absolute atomic E-state index is 0.0786. The maximum atomic E-state index is 13.2. The highest BCUT2D eigenvalue weighted by atomic mass is 16.5. The molecule has 1 aromatic heterocycles. The van der Waals surface area contributed by atoms with E-state index in [1.807, 2.05) is 13.0 Å². The van der Waals surface area contributed by atoms with Gasteiger partial charge in [-0.15, -0.1) is 0 Å². The number of rotatable bonds is 8.